The van der Waals surface area contributed by atoms with Crippen LogP contribution >= 0.6 is 0 Å². The van der Waals surface area contributed by atoms with Crippen molar-refractivity contribution < 1.29 is 0 Å². The maximum absolute atomic E-state index is 5.52. The van der Waals surface area contributed by atoms with Gasteiger partial charge >= 0.3 is 0 Å². The van der Waals surface area contributed by atoms with Gasteiger partial charge in [-0.05, 0) is 19.2 Å². The average molecular weight is 205 g/mol. The molecule has 2 heterocycles. The largest absolute Gasteiger partial charge is 0.382 e. The Labute approximate surface area is 88.3 Å². The van der Waals surface area contributed by atoms with Crippen LogP contribution < -0.4 is 5.73 Å². The predicted octanol–water partition coefficient (Wildman–Crippen LogP) is 0.952. The van der Waals surface area contributed by atoms with E-state index in [9.17, 15) is 0 Å². The van der Waals surface area contributed by atoms with E-state index in [1.807, 2.05) is 18.3 Å². The first-order valence-corrected chi connectivity index (χ1v) is 4.84. The van der Waals surface area contributed by atoms with Crippen LogP contribution in [0.1, 0.15) is 11.4 Å². The first kappa shape index (κ1) is 9.79. The third kappa shape index (κ3) is 2.60. The second kappa shape index (κ2) is 4.18. The molecule has 2 aromatic rings. The first-order chi connectivity index (χ1) is 7.24. The van der Waals surface area contributed by atoms with Crippen LogP contribution in [0.25, 0.3) is 0 Å². The summed E-state index contributed by atoms with van der Waals surface area (Å²) in [6.45, 7) is 1.69. The van der Waals surface area contributed by atoms with Gasteiger partial charge in [-0.3, -0.25) is 10.00 Å². The average Bonchev–Trinajstić information content (AvgIpc) is 2.77. The highest BCUT2D eigenvalue weighted by Crippen LogP contribution is 2.06. The van der Waals surface area contributed by atoms with Crippen molar-refractivity contribution in [3.05, 3.63) is 35.8 Å². The van der Waals surface area contributed by atoms with Crippen LogP contribution in [-0.2, 0) is 13.1 Å². The number of hydrogen-bond donors (Lipinski definition) is 3. The molecule has 4 N–H and O–H groups in total. The number of nitrogens with one attached hydrogen (secondary N) is 2. The number of aromatic amines is 2. The maximum atomic E-state index is 5.52. The molecular weight excluding hydrogens is 190 g/mol. The van der Waals surface area contributed by atoms with Gasteiger partial charge in [-0.25, -0.2) is 0 Å². The molecule has 0 fully saturated rings. The highest BCUT2D eigenvalue weighted by molar-refractivity contribution is 5.28. The van der Waals surface area contributed by atoms with E-state index in [4.69, 9.17) is 5.73 Å². The van der Waals surface area contributed by atoms with Crippen LogP contribution in [0.15, 0.2) is 24.4 Å². The Morgan fingerprint density at radius 1 is 1.40 bits per heavy atom. The highest BCUT2D eigenvalue weighted by atomic mass is 15.2. The van der Waals surface area contributed by atoms with E-state index in [1.54, 1.807) is 0 Å². The van der Waals surface area contributed by atoms with Crippen molar-refractivity contribution >= 4 is 5.82 Å². The predicted molar refractivity (Wildman–Crippen MR) is 59.0 cm³/mol. The molecule has 0 saturated heterocycles. The topological polar surface area (TPSA) is 73.7 Å². The number of aromatic nitrogens is 3. The number of nitrogens with zero attached hydrogens (tertiary/aromatic N) is 2. The molecule has 0 aromatic carbocycles. The van der Waals surface area contributed by atoms with Crippen LogP contribution in [-0.4, -0.2) is 27.1 Å². The summed E-state index contributed by atoms with van der Waals surface area (Å²) in [7, 11) is 2.05. The summed E-state index contributed by atoms with van der Waals surface area (Å²) in [5.41, 5.74) is 7.75. The summed E-state index contributed by atoms with van der Waals surface area (Å²) in [6.07, 6.45) is 1.93. The minimum Gasteiger partial charge on any atom is -0.382 e. The summed E-state index contributed by atoms with van der Waals surface area (Å²) in [5.74, 6) is 0.540. The molecule has 0 unspecified atom stereocenters. The number of rotatable bonds is 4. The molecule has 5 heteroatoms. The standard InChI is InChI=1S/C10H15N5/c1-15(6-8-3-2-4-12-8)7-9-5-10(11)14-13-9/h2-5,12H,6-7H2,1H3,(H3,11,13,14). The molecule has 15 heavy (non-hydrogen) atoms. The van der Waals surface area contributed by atoms with Gasteiger partial charge in [0, 0.05) is 31.0 Å². The molecule has 0 atom stereocenters. The van der Waals surface area contributed by atoms with E-state index in [-0.39, 0.29) is 0 Å². The SMILES string of the molecule is CN(Cc1ccc[nH]1)Cc1cc(N)n[nH]1. The molecular formula is C10H15N5. The number of H-pyrrole nitrogens is 2. The first-order valence-electron chi connectivity index (χ1n) is 4.84. The van der Waals surface area contributed by atoms with Crippen LogP contribution in [0.5, 0.6) is 0 Å². The Morgan fingerprint density at radius 2 is 2.20 bits per heavy atom. The van der Waals surface area contributed by atoms with E-state index in [2.05, 4.69) is 33.2 Å². The Morgan fingerprint density at radius 3 is 2.80 bits per heavy atom. The van der Waals surface area contributed by atoms with Gasteiger partial charge in [0.2, 0.25) is 0 Å². The Bertz CT molecular complexity index is 403. The van der Waals surface area contributed by atoms with Crippen molar-refractivity contribution in [1.29, 1.82) is 0 Å². The molecule has 0 spiro atoms. The van der Waals surface area contributed by atoms with Crippen molar-refractivity contribution in [2.75, 3.05) is 12.8 Å². The summed E-state index contributed by atoms with van der Waals surface area (Å²) in [5, 5.41) is 6.77. The van der Waals surface area contributed by atoms with Gasteiger partial charge in [0.1, 0.15) is 5.82 Å². The number of anilines is 1. The van der Waals surface area contributed by atoms with Crippen molar-refractivity contribution in [2.24, 2.45) is 0 Å². The molecule has 2 aromatic heterocycles. The molecule has 5 nitrogen and oxygen atoms in total. The second-order valence-electron chi connectivity index (χ2n) is 3.69. The quantitative estimate of drug-likeness (QED) is 0.695. The molecule has 0 saturated carbocycles. The third-order valence-corrected chi connectivity index (χ3v) is 2.19. The van der Waals surface area contributed by atoms with Gasteiger partial charge in [0.25, 0.3) is 0 Å². The van der Waals surface area contributed by atoms with Crippen LogP contribution in [0.3, 0.4) is 0 Å². The zero-order valence-corrected chi connectivity index (χ0v) is 8.70. The van der Waals surface area contributed by atoms with Gasteiger partial charge in [0.15, 0.2) is 0 Å². The Kier molecular flexibility index (Phi) is 2.73. The van der Waals surface area contributed by atoms with E-state index in [0.29, 0.717) is 5.82 Å². The zero-order chi connectivity index (χ0) is 10.7. The highest BCUT2D eigenvalue weighted by Gasteiger charge is 2.04. The van der Waals surface area contributed by atoms with Crippen LogP contribution in [0.2, 0.25) is 0 Å². The molecule has 80 valence electrons. The Balaban J connectivity index is 1.90. The lowest BCUT2D eigenvalue weighted by Gasteiger charge is -2.13. The number of nitrogen functional groups attached to an aromatic ring is 1. The summed E-state index contributed by atoms with van der Waals surface area (Å²) >= 11 is 0. The third-order valence-electron chi connectivity index (χ3n) is 2.19. The lowest BCUT2D eigenvalue weighted by atomic mass is 10.3. The van der Waals surface area contributed by atoms with E-state index in [1.165, 1.54) is 5.69 Å². The van der Waals surface area contributed by atoms with E-state index in [0.717, 1.165) is 18.8 Å². The summed E-state index contributed by atoms with van der Waals surface area (Å²) < 4.78 is 0. The maximum Gasteiger partial charge on any atom is 0.145 e. The lowest BCUT2D eigenvalue weighted by Crippen LogP contribution is -2.17. The van der Waals surface area contributed by atoms with Gasteiger partial charge in [-0.1, -0.05) is 0 Å². The van der Waals surface area contributed by atoms with Crippen molar-refractivity contribution in [3.8, 4) is 0 Å². The molecule has 0 aliphatic rings. The smallest absolute Gasteiger partial charge is 0.145 e. The van der Waals surface area contributed by atoms with Crippen LogP contribution in [0, 0.1) is 0 Å². The van der Waals surface area contributed by atoms with Crippen molar-refractivity contribution in [3.63, 3.8) is 0 Å². The molecule has 0 bridgehead atoms. The second-order valence-corrected chi connectivity index (χ2v) is 3.69. The minimum absolute atomic E-state index is 0.540. The van der Waals surface area contributed by atoms with Gasteiger partial charge < -0.3 is 10.7 Å². The fourth-order valence-corrected chi connectivity index (χ4v) is 1.56. The van der Waals surface area contributed by atoms with Gasteiger partial charge in [-0.15, -0.1) is 0 Å². The monoisotopic (exact) mass is 205 g/mol. The van der Waals surface area contributed by atoms with Crippen molar-refractivity contribution in [2.45, 2.75) is 13.1 Å². The summed E-state index contributed by atoms with van der Waals surface area (Å²) in [6, 6.07) is 5.92. The Hall–Kier alpha value is -1.75. The van der Waals surface area contributed by atoms with Gasteiger partial charge in [0.05, 0.1) is 5.69 Å². The zero-order valence-electron chi connectivity index (χ0n) is 8.70. The normalized spacial score (nSPS) is 11.1. The number of hydrogen-bond acceptors (Lipinski definition) is 3. The minimum atomic E-state index is 0.540. The molecule has 0 amide bonds. The molecule has 2 rings (SSSR count). The molecule has 0 aliphatic heterocycles. The summed E-state index contributed by atoms with van der Waals surface area (Å²) in [4.78, 5) is 5.35. The van der Waals surface area contributed by atoms with Gasteiger partial charge in [-0.2, -0.15) is 5.10 Å². The molecule has 0 radical (unpaired) electrons. The molecule has 0 aliphatic carbocycles. The van der Waals surface area contributed by atoms with E-state index >= 15 is 0 Å². The fraction of sp³-hybridized carbons (Fsp3) is 0.300. The fourth-order valence-electron chi connectivity index (χ4n) is 1.56. The van der Waals surface area contributed by atoms with E-state index < -0.39 is 0 Å². The van der Waals surface area contributed by atoms with Crippen LogP contribution in [0.4, 0.5) is 5.82 Å². The van der Waals surface area contributed by atoms with Crippen molar-refractivity contribution in [1.82, 2.24) is 20.1 Å². The lowest BCUT2D eigenvalue weighted by molar-refractivity contribution is 0.311. The number of nitrogens with two attached hydrogens (primary N) is 1.